The third-order valence-electron chi connectivity index (χ3n) is 5.15. The number of carbonyl (C=O) groups is 2. The Bertz CT molecular complexity index is 1230. The first-order valence-electron chi connectivity index (χ1n) is 10.3. The molecule has 4 aromatic rings. The Labute approximate surface area is 186 Å². The van der Waals surface area contributed by atoms with Crippen LogP contribution in [-0.4, -0.2) is 28.9 Å². The van der Waals surface area contributed by atoms with Crippen LogP contribution in [0, 0.1) is 6.92 Å². The van der Waals surface area contributed by atoms with Crippen molar-refractivity contribution in [1.82, 2.24) is 10.1 Å². The van der Waals surface area contributed by atoms with Crippen molar-refractivity contribution in [2.75, 3.05) is 12.4 Å². The van der Waals surface area contributed by atoms with Crippen molar-refractivity contribution in [2.24, 2.45) is 0 Å². The molecule has 1 heterocycles. The molecule has 6 nitrogen and oxygen atoms in total. The molecule has 0 fully saturated rings. The lowest BCUT2D eigenvalue weighted by molar-refractivity contribution is 0.0786. The molecule has 0 spiro atoms. The zero-order chi connectivity index (χ0) is 22.5. The van der Waals surface area contributed by atoms with E-state index in [0.29, 0.717) is 34.8 Å². The van der Waals surface area contributed by atoms with Crippen molar-refractivity contribution >= 4 is 17.5 Å². The van der Waals surface area contributed by atoms with Gasteiger partial charge in [0.2, 0.25) is 0 Å². The fourth-order valence-corrected chi connectivity index (χ4v) is 3.53. The van der Waals surface area contributed by atoms with Gasteiger partial charge in [0.25, 0.3) is 11.8 Å². The second-order valence-electron chi connectivity index (χ2n) is 7.47. The van der Waals surface area contributed by atoms with Crippen LogP contribution < -0.4 is 5.32 Å². The van der Waals surface area contributed by atoms with Gasteiger partial charge in [-0.15, -0.1) is 0 Å². The molecular formula is C26H23N3O3. The number of para-hydroxylation sites is 1. The highest BCUT2D eigenvalue weighted by atomic mass is 16.5. The normalized spacial score (nSPS) is 10.6. The van der Waals surface area contributed by atoms with Gasteiger partial charge in [-0.25, -0.2) is 0 Å². The molecule has 2 amide bonds. The molecule has 32 heavy (non-hydrogen) atoms. The number of rotatable bonds is 6. The van der Waals surface area contributed by atoms with Crippen molar-refractivity contribution in [3.63, 3.8) is 0 Å². The van der Waals surface area contributed by atoms with E-state index in [1.807, 2.05) is 60.7 Å². The van der Waals surface area contributed by atoms with Crippen LogP contribution in [0.25, 0.3) is 11.3 Å². The minimum atomic E-state index is -0.381. The van der Waals surface area contributed by atoms with Crippen molar-refractivity contribution in [3.05, 3.63) is 107 Å². The first kappa shape index (κ1) is 21.1. The topological polar surface area (TPSA) is 75.4 Å². The van der Waals surface area contributed by atoms with E-state index >= 15 is 0 Å². The van der Waals surface area contributed by atoms with Crippen molar-refractivity contribution in [1.29, 1.82) is 0 Å². The Morgan fingerprint density at radius 3 is 2.25 bits per heavy atom. The Morgan fingerprint density at radius 1 is 0.906 bits per heavy atom. The lowest BCUT2D eigenvalue weighted by atomic mass is 10.1. The molecule has 0 aliphatic carbocycles. The van der Waals surface area contributed by atoms with Crippen LogP contribution in [0.5, 0.6) is 0 Å². The standard InChI is InChI=1S/C26H23N3O3/c1-18-23(24(28-32-18)20-13-7-4-8-14-20)25(30)27-22-16-10-9-15-21(22)26(31)29(2)17-19-11-5-3-6-12-19/h3-16H,17H2,1-2H3,(H,27,30). The molecule has 0 atom stereocenters. The summed E-state index contributed by atoms with van der Waals surface area (Å²) in [6, 6.07) is 26.1. The van der Waals surface area contributed by atoms with Crippen LogP contribution in [-0.2, 0) is 6.54 Å². The van der Waals surface area contributed by atoms with Gasteiger partial charge in [0, 0.05) is 19.2 Å². The molecule has 0 saturated heterocycles. The van der Waals surface area contributed by atoms with Crippen LogP contribution in [0.1, 0.15) is 32.0 Å². The van der Waals surface area contributed by atoms with E-state index in [1.165, 1.54) is 0 Å². The van der Waals surface area contributed by atoms with Crippen LogP contribution in [0.15, 0.2) is 89.5 Å². The maximum absolute atomic E-state index is 13.2. The van der Waals surface area contributed by atoms with E-state index in [1.54, 1.807) is 43.1 Å². The molecule has 0 bridgehead atoms. The van der Waals surface area contributed by atoms with Gasteiger partial charge in [0.05, 0.1) is 11.3 Å². The minimum Gasteiger partial charge on any atom is -0.360 e. The Balaban J connectivity index is 1.59. The summed E-state index contributed by atoms with van der Waals surface area (Å²) in [4.78, 5) is 28.0. The number of benzene rings is 3. The summed E-state index contributed by atoms with van der Waals surface area (Å²) in [7, 11) is 1.74. The van der Waals surface area contributed by atoms with Crippen LogP contribution in [0.4, 0.5) is 5.69 Å². The van der Waals surface area contributed by atoms with Crippen molar-refractivity contribution in [3.8, 4) is 11.3 Å². The summed E-state index contributed by atoms with van der Waals surface area (Å²) >= 11 is 0. The average Bonchev–Trinajstić information content (AvgIpc) is 3.21. The number of hydrogen-bond acceptors (Lipinski definition) is 4. The lowest BCUT2D eigenvalue weighted by Crippen LogP contribution is -2.27. The van der Waals surface area contributed by atoms with E-state index in [9.17, 15) is 9.59 Å². The fourth-order valence-electron chi connectivity index (χ4n) is 3.53. The molecule has 4 rings (SSSR count). The van der Waals surface area contributed by atoms with Gasteiger partial charge in [-0.1, -0.05) is 78.0 Å². The fraction of sp³-hybridized carbons (Fsp3) is 0.115. The number of aryl methyl sites for hydroxylation is 1. The Morgan fingerprint density at radius 2 is 1.53 bits per heavy atom. The largest absolute Gasteiger partial charge is 0.360 e. The second kappa shape index (κ2) is 9.31. The van der Waals surface area contributed by atoms with Gasteiger partial charge < -0.3 is 14.7 Å². The van der Waals surface area contributed by atoms with Gasteiger partial charge in [-0.05, 0) is 24.6 Å². The van der Waals surface area contributed by atoms with E-state index in [4.69, 9.17) is 4.52 Å². The van der Waals surface area contributed by atoms with Gasteiger partial charge in [0.15, 0.2) is 0 Å². The number of amides is 2. The highest BCUT2D eigenvalue weighted by molar-refractivity contribution is 6.11. The summed E-state index contributed by atoms with van der Waals surface area (Å²) in [5, 5.41) is 6.95. The number of nitrogens with one attached hydrogen (secondary N) is 1. The maximum atomic E-state index is 13.2. The predicted molar refractivity (Wildman–Crippen MR) is 123 cm³/mol. The molecule has 160 valence electrons. The van der Waals surface area contributed by atoms with Gasteiger partial charge in [0.1, 0.15) is 17.0 Å². The quantitative estimate of drug-likeness (QED) is 0.462. The summed E-state index contributed by atoms with van der Waals surface area (Å²) in [5.74, 6) is -0.157. The van der Waals surface area contributed by atoms with E-state index in [-0.39, 0.29) is 11.8 Å². The highest BCUT2D eigenvalue weighted by Gasteiger charge is 2.24. The zero-order valence-electron chi connectivity index (χ0n) is 17.9. The number of carbonyl (C=O) groups excluding carboxylic acids is 2. The minimum absolute atomic E-state index is 0.185. The third kappa shape index (κ3) is 4.44. The molecule has 0 aliphatic heterocycles. The second-order valence-corrected chi connectivity index (χ2v) is 7.47. The van der Waals surface area contributed by atoms with E-state index in [2.05, 4.69) is 10.5 Å². The van der Waals surface area contributed by atoms with Crippen LogP contribution >= 0.6 is 0 Å². The number of nitrogens with zero attached hydrogens (tertiary/aromatic N) is 2. The molecule has 1 aromatic heterocycles. The predicted octanol–water partition coefficient (Wildman–Crippen LogP) is 5.17. The molecular weight excluding hydrogens is 402 g/mol. The Hall–Kier alpha value is -4.19. The van der Waals surface area contributed by atoms with Gasteiger partial charge in [-0.3, -0.25) is 9.59 Å². The van der Waals surface area contributed by atoms with Gasteiger partial charge in [-0.2, -0.15) is 0 Å². The lowest BCUT2D eigenvalue weighted by Gasteiger charge is -2.19. The van der Waals surface area contributed by atoms with E-state index in [0.717, 1.165) is 11.1 Å². The number of aromatic nitrogens is 1. The first-order chi connectivity index (χ1) is 15.5. The molecule has 0 saturated carbocycles. The summed E-state index contributed by atoms with van der Waals surface area (Å²) in [6.07, 6.45) is 0. The Kier molecular flexibility index (Phi) is 6.12. The molecule has 1 N–H and O–H groups in total. The smallest absolute Gasteiger partial charge is 0.261 e. The van der Waals surface area contributed by atoms with Crippen molar-refractivity contribution in [2.45, 2.75) is 13.5 Å². The molecule has 3 aromatic carbocycles. The van der Waals surface area contributed by atoms with E-state index < -0.39 is 0 Å². The van der Waals surface area contributed by atoms with Crippen LogP contribution in [0.2, 0.25) is 0 Å². The number of anilines is 1. The van der Waals surface area contributed by atoms with Gasteiger partial charge >= 0.3 is 0 Å². The average molecular weight is 425 g/mol. The molecule has 0 radical (unpaired) electrons. The monoisotopic (exact) mass is 425 g/mol. The summed E-state index contributed by atoms with van der Waals surface area (Å²) < 4.78 is 5.31. The molecule has 0 aliphatic rings. The summed E-state index contributed by atoms with van der Waals surface area (Å²) in [6.45, 7) is 2.16. The molecule has 6 heteroatoms. The van der Waals surface area contributed by atoms with Crippen LogP contribution in [0.3, 0.4) is 0 Å². The SMILES string of the molecule is Cc1onc(-c2ccccc2)c1C(=O)Nc1ccccc1C(=O)N(C)Cc1ccccc1. The number of hydrogen-bond donors (Lipinski definition) is 1. The van der Waals surface area contributed by atoms with Crippen molar-refractivity contribution < 1.29 is 14.1 Å². The summed E-state index contributed by atoms with van der Waals surface area (Å²) in [5.41, 5.74) is 3.46. The molecule has 0 unspecified atom stereocenters. The third-order valence-corrected chi connectivity index (χ3v) is 5.15. The first-order valence-corrected chi connectivity index (χ1v) is 10.3. The highest BCUT2D eigenvalue weighted by Crippen LogP contribution is 2.27. The maximum Gasteiger partial charge on any atom is 0.261 e. The zero-order valence-corrected chi connectivity index (χ0v) is 17.9.